The lowest BCUT2D eigenvalue weighted by Gasteiger charge is -2.18. The van der Waals surface area contributed by atoms with Crippen molar-refractivity contribution in [1.29, 1.82) is 0 Å². The highest BCUT2D eigenvalue weighted by Crippen LogP contribution is 2.26. The Labute approximate surface area is 202 Å². The summed E-state index contributed by atoms with van der Waals surface area (Å²) in [6.45, 7) is 2.97. The molecule has 31 heavy (non-hydrogen) atoms. The second-order valence-corrected chi connectivity index (χ2v) is 9.77. The fraction of sp³-hybridized carbons (Fsp3) is 0.435. The van der Waals surface area contributed by atoms with Gasteiger partial charge < -0.3 is 15.4 Å². The zero-order valence-corrected chi connectivity index (χ0v) is 21.5. The number of benzene rings is 2. The number of aryl methyl sites for hydroxylation is 1. The summed E-state index contributed by atoms with van der Waals surface area (Å²) in [5.74, 6) is 1.61. The van der Waals surface area contributed by atoms with Crippen LogP contribution in [0.25, 0.3) is 0 Å². The largest absolute Gasteiger partial charge is 0.490 e. The Balaban J connectivity index is 0.00000341. The van der Waals surface area contributed by atoms with E-state index in [0.717, 1.165) is 35.3 Å². The number of sulfone groups is 1. The van der Waals surface area contributed by atoms with Crippen LogP contribution < -0.4 is 15.4 Å². The molecule has 6 nitrogen and oxygen atoms in total. The molecule has 2 aromatic rings. The van der Waals surface area contributed by atoms with Crippen molar-refractivity contribution in [2.45, 2.75) is 56.7 Å². The Bertz CT molecular complexity index is 1000. The number of para-hydroxylation sites is 1. The van der Waals surface area contributed by atoms with Gasteiger partial charge in [0.05, 0.1) is 11.0 Å². The van der Waals surface area contributed by atoms with Crippen LogP contribution in [0.5, 0.6) is 5.75 Å². The van der Waals surface area contributed by atoms with Gasteiger partial charge in [-0.1, -0.05) is 30.3 Å². The molecular formula is C23H32IN3O3S. The minimum atomic E-state index is -3.21. The minimum absolute atomic E-state index is 0. The Kier molecular flexibility index (Phi) is 9.61. The van der Waals surface area contributed by atoms with Gasteiger partial charge in [0.1, 0.15) is 5.75 Å². The summed E-state index contributed by atoms with van der Waals surface area (Å²) in [6, 6.07) is 13.5. The van der Waals surface area contributed by atoms with Crippen LogP contribution in [0, 0.1) is 6.92 Å². The highest BCUT2D eigenvalue weighted by molar-refractivity contribution is 14.0. The number of guanidine groups is 1. The first-order valence-electron chi connectivity index (χ1n) is 10.4. The molecule has 0 radical (unpaired) electrons. The monoisotopic (exact) mass is 557 g/mol. The number of hydrogen-bond acceptors (Lipinski definition) is 4. The van der Waals surface area contributed by atoms with E-state index < -0.39 is 9.84 Å². The van der Waals surface area contributed by atoms with E-state index in [-0.39, 0.29) is 24.0 Å². The van der Waals surface area contributed by atoms with Crippen molar-refractivity contribution < 1.29 is 13.2 Å². The maximum atomic E-state index is 11.8. The molecule has 0 unspecified atom stereocenters. The van der Waals surface area contributed by atoms with Crippen molar-refractivity contribution in [2.24, 2.45) is 4.99 Å². The third-order valence-corrected chi connectivity index (χ3v) is 6.59. The summed E-state index contributed by atoms with van der Waals surface area (Å²) in [5.41, 5.74) is 2.84. The van der Waals surface area contributed by atoms with Gasteiger partial charge in [0.15, 0.2) is 15.8 Å². The summed E-state index contributed by atoms with van der Waals surface area (Å²) >= 11 is 0. The van der Waals surface area contributed by atoms with Crippen LogP contribution in [0.15, 0.2) is 52.4 Å². The van der Waals surface area contributed by atoms with Crippen molar-refractivity contribution >= 4 is 39.8 Å². The third-order valence-electron chi connectivity index (χ3n) is 5.34. The van der Waals surface area contributed by atoms with Gasteiger partial charge in [-0.25, -0.2) is 8.42 Å². The fourth-order valence-electron chi connectivity index (χ4n) is 3.77. The lowest BCUT2D eigenvalue weighted by Crippen LogP contribution is -2.36. The Morgan fingerprint density at radius 2 is 1.77 bits per heavy atom. The second kappa shape index (κ2) is 11.7. The van der Waals surface area contributed by atoms with E-state index >= 15 is 0 Å². The first-order chi connectivity index (χ1) is 14.4. The van der Waals surface area contributed by atoms with Crippen molar-refractivity contribution in [3.05, 3.63) is 59.2 Å². The summed E-state index contributed by atoms with van der Waals surface area (Å²) in [7, 11) is -1.48. The normalized spacial score (nSPS) is 14.7. The highest BCUT2D eigenvalue weighted by Gasteiger charge is 2.18. The molecule has 0 spiro atoms. The van der Waals surface area contributed by atoms with E-state index in [1.807, 2.05) is 37.3 Å². The molecule has 0 aliphatic heterocycles. The molecule has 1 aliphatic rings. The summed E-state index contributed by atoms with van der Waals surface area (Å²) in [4.78, 5) is 4.66. The quantitative estimate of drug-likeness (QED) is 0.303. The highest BCUT2D eigenvalue weighted by atomic mass is 127. The van der Waals surface area contributed by atoms with Gasteiger partial charge in [-0.15, -0.1) is 24.0 Å². The van der Waals surface area contributed by atoms with E-state index in [0.29, 0.717) is 30.0 Å². The molecule has 0 atom stereocenters. The maximum absolute atomic E-state index is 11.8. The number of rotatable bonds is 7. The molecule has 8 heteroatoms. The molecule has 0 bridgehead atoms. The van der Waals surface area contributed by atoms with Gasteiger partial charge in [0, 0.05) is 32.0 Å². The molecule has 2 N–H and O–H groups in total. The van der Waals surface area contributed by atoms with Crippen LogP contribution in [0.1, 0.15) is 42.4 Å². The average Bonchev–Trinajstić information content (AvgIpc) is 3.21. The number of aliphatic imine (C=N–C) groups is 1. The molecule has 1 aliphatic carbocycles. The van der Waals surface area contributed by atoms with E-state index in [9.17, 15) is 8.42 Å². The lowest BCUT2D eigenvalue weighted by atomic mass is 10.1. The van der Waals surface area contributed by atoms with Crippen LogP contribution in [0.2, 0.25) is 0 Å². The van der Waals surface area contributed by atoms with E-state index in [1.165, 1.54) is 19.1 Å². The minimum Gasteiger partial charge on any atom is -0.490 e. The standard InChI is InChI=1S/C23H31N3O3S.HI/c1-17-14-18(12-13-22(17)30(3,27)28)15-25-23(24-2)26-16-19-8-4-7-11-21(19)29-20-9-5-6-10-20;/h4,7-8,11-14,20H,5-6,9-10,15-16H2,1-3H3,(H2,24,25,26);1H. The van der Waals surface area contributed by atoms with Gasteiger partial charge in [-0.2, -0.15) is 0 Å². The fourth-order valence-corrected chi connectivity index (χ4v) is 4.73. The van der Waals surface area contributed by atoms with Crippen LogP contribution >= 0.6 is 24.0 Å². The zero-order chi connectivity index (χ0) is 21.6. The molecule has 2 aromatic carbocycles. The van der Waals surface area contributed by atoms with E-state index in [1.54, 1.807) is 13.1 Å². The summed E-state index contributed by atoms with van der Waals surface area (Å²) in [5, 5.41) is 6.62. The van der Waals surface area contributed by atoms with Crippen LogP contribution in [-0.2, 0) is 22.9 Å². The Morgan fingerprint density at radius 3 is 2.42 bits per heavy atom. The molecule has 1 fully saturated rings. The predicted molar refractivity (Wildman–Crippen MR) is 136 cm³/mol. The third kappa shape index (κ3) is 7.38. The Morgan fingerprint density at radius 1 is 1.10 bits per heavy atom. The average molecular weight is 557 g/mol. The Hall–Kier alpha value is -1.81. The zero-order valence-electron chi connectivity index (χ0n) is 18.3. The molecule has 0 aromatic heterocycles. The summed E-state index contributed by atoms with van der Waals surface area (Å²) < 4.78 is 29.8. The number of halogens is 1. The second-order valence-electron chi connectivity index (χ2n) is 7.78. The predicted octanol–water partition coefficient (Wildman–Crippen LogP) is 4.20. The maximum Gasteiger partial charge on any atom is 0.191 e. The summed E-state index contributed by atoms with van der Waals surface area (Å²) in [6.07, 6.45) is 6.29. The van der Waals surface area contributed by atoms with Gasteiger partial charge in [-0.3, -0.25) is 4.99 Å². The van der Waals surface area contributed by atoms with Crippen LogP contribution in [-0.4, -0.2) is 33.8 Å². The van der Waals surface area contributed by atoms with Gasteiger partial charge in [-0.05, 0) is 55.9 Å². The number of nitrogens with zero attached hydrogens (tertiary/aromatic N) is 1. The number of hydrogen-bond donors (Lipinski definition) is 2. The SMILES string of the molecule is CN=C(NCc1ccc(S(C)(=O)=O)c(C)c1)NCc1ccccc1OC1CCCC1.I. The van der Waals surface area contributed by atoms with Gasteiger partial charge in [0.2, 0.25) is 0 Å². The number of nitrogens with one attached hydrogen (secondary N) is 2. The first-order valence-corrected chi connectivity index (χ1v) is 12.2. The van der Waals surface area contributed by atoms with Gasteiger partial charge in [0.25, 0.3) is 0 Å². The van der Waals surface area contributed by atoms with Crippen molar-refractivity contribution in [3.63, 3.8) is 0 Å². The topological polar surface area (TPSA) is 79.8 Å². The first kappa shape index (κ1) is 25.5. The van der Waals surface area contributed by atoms with Crippen molar-refractivity contribution in [2.75, 3.05) is 13.3 Å². The van der Waals surface area contributed by atoms with E-state index in [4.69, 9.17) is 4.74 Å². The molecule has 1 saturated carbocycles. The van der Waals surface area contributed by atoms with Gasteiger partial charge >= 0.3 is 0 Å². The molecule has 0 saturated heterocycles. The van der Waals surface area contributed by atoms with Crippen LogP contribution in [0.4, 0.5) is 0 Å². The number of ether oxygens (including phenoxy) is 1. The molecule has 3 rings (SSSR count). The van der Waals surface area contributed by atoms with Crippen LogP contribution in [0.3, 0.4) is 0 Å². The lowest BCUT2D eigenvalue weighted by molar-refractivity contribution is 0.208. The smallest absolute Gasteiger partial charge is 0.191 e. The molecular weight excluding hydrogens is 525 g/mol. The van der Waals surface area contributed by atoms with Crippen molar-refractivity contribution in [3.8, 4) is 5.75 Å². The van der Waals surface area contributed by atoms with E-state index in [2.05, 4.69) is 21.7 Å². The molecule has 0 heterocycles. The van der Waals surface area contributed by atoms with Crippen molar-refractivity contribution in [1.82, 2.24) is 10.6 Å². The molecule has 0 amide bonds. The molecule has 170 valence electrons.